The van der Waals surface area contributed by atoms with Crippen molar-refractivity contribution in [1.29, 1.82) is 0 Å². The van der Waals surface area contributed by atoms with Crippen molar-refractivity contribution in [3.63, 3.8) is 0 Å². The normalized spacial score (nSPS) is 19.6. The minimum absolute atomic E-state index is 0.0463. The number of fused-ring (bicyclic) bond motifs is 2. The number of aromatic nitrogens is 1. The lowest BCUT2D eigenvalue weighted by Gasteiger charge is -2.19. The Kier molecular flexibility index (Phi) is 5.11. The monoisotopic (exact) mass is 403 g/mol. The van der Waals surface area contributed by atoms with E-state index >= 15 is 0 Å². The second-order valence-corrected chi connectivity index (χ2v) is 8.07. The van der Waals surface area contributed by atoms with Crippen LogP contribution in [0.25, 0.3) is 10.9 Å². The second kappa shape index (κ2) is 8.05. The van der Waals surface area contributed by atoms with E-state index in [-0.39, 0.29) is 18.4 Å². The van der Waals surface area contributed by atoms with Gasteiger partial charge in [-0.05, 0) is 61.8 Å². The minimum atomic E-state index is -0.500. The van der Waals surface area contributed by atoms with Crippen LogP contribution >= 0.6 is 0 Å². The van der Waals surface area contributed by atoms with Crippen LogP contribution in [0.4, 0.5) is 5.69 Å². The number of rotatable bonds is 6. The zero-order chi connectivity index (χ0) is 20.5. The molecule has 2 atom stereocenters. The summed E-state index contributed by atoms with van der Waals surface area (Å²) >= 11 is 0. The van der Waals surface area contributed by atoms with Crippen molar-refractivity contribution in [2.24, 2.45) is 0 Å². The van der Waals surface area contributed by atoms with Gasteiger partial charge in [0.05, 0.1) is 11.2 Å². The molecule has 3 heterocycles. The third-order valence-corrected chi connectivity index (χ3v) is 5.88. The molecule has 30 heavy (non-hydrogen) atoms. The smallest absolute Gasteiger partial charge is 0.238 e. The first-order valence-corrected chi connectivity index (χ1v) is 10.5. The molecule has 5 rings (SSSR count). The Balaban J connectivity index is 1.30. The number of aliphatic hydroxyl groups excluding tert-OH is 1. The molecule has 2 aliphatic rings. The third-order valence-electron chi connectivity index (χ3n) is 5.88. The molecule has 6 heteroatoms. The first-order chi connectivity index (χ1) is 14.7. The molecule has 3 aromatic rings. The molecule has 0 bridgehead atoms. The lowest BCUT2D eigenvalue weighted by atomic mass is 9.96. The van der Waals surface area contributed by atoms with Crippen LogP contribution in [-0.2, 0) is 4.79 Å². The topological polar surface area (TPSA) is 74.7 Å². The number of carbonyl (C=O) groups is 1. The molecule has 0 spiro atoms. The van der Waals surface area contributed by atoms with Gasteiger partial charge in [0, 0.05) is 17.6 Å². The Morgan fingerprint density at radius 2 is 1.97 bits per heavy atom. The number of benzene rings is 2. The maximum absolute atomic E-state index is 12.5. The van der Waals surface area contributed by atoms with Crippen molar-refractivity contribution in [3.05, 3.63) is 65.9 Å². The fourth-order valence-corrected chi connectivity index (χ4v) is 4.38. The molecule has 1 aromatic heterocycles. The molecule has 1 amide bonds. The predicted molar refractivity (Wildman–Crippen MR) is 116 cm³/mol. The van der Waals surface area contributed by atoms with E-state index in [4.69, 9.17) is 9.72 Å². The van der Waals surface area contributed by atoms with Gasteiger partial charge >= 0.3 is 0 Å². The van der Waals surface area contributed by atoms with Crippen molar-refractivity contribution in [2.45, 2.75) is 24.9 Å². The van der Waals surface area contributed by atoms with Crippen LogP contribution in [0.3, 0.4) is 0 Å². The third kappa shape index (κ3) is 3.76. The quantitative estimate of drug-likeness (QED) is 0.661. The van der Waals surface area contributed by atoms with Crippen LogP contribution in [0.15, 0.2) is 54.6 Å². The van der Waals surface area contributed by atoms with Gasteiger partial charge in [0.1, 0.15) is 24.4 Å². The molecular weight excluding hydrogens is 378 g/mol. The molecule has 2 unspecified atom stereocenters. The molecule has 6 nitrogen and oxygen atoms in total. The van der Waals surface area contributed by atoms with Gasteiger partial charge < -0.3 is 20.1 Å². The highest BCUT2D eigenvalue weighted by Crippen LogP contribution is 2.36. The zero-order valence-corrected chi connectivity index (χ0v) is 16.8. The Morgan fingerprint density at radius 1 is 1.13 bits per heavy atom. The summed E-state index contributed by atoms with van der Waals surface area (Å²) in [6.07, 6.45) is 1.92. The van der Waals surface area contributed by atoms with Crippen LogP contribution in [0, 0.1) is 0 Å². The average molecular weight is 403 g/mol. The number of ether oxygens (including phenoxy) is 1. The Morgan fingerprint density at radius 3 is 2.83 bits per heavy atom. The van der Waals surface area contributed by atoms with Gasteiger partial charge in [0.15, 0.2) is 0 Å². The number of nitrogens with one attached hydrogen (secondary N) is 1. The Hall–Kier alpha value is -2.96. The van der Waals surface area contributed by atoms with E-state index in [9.17, 15) is 9.90 Å². The molecule has 2 aliphatic heterocycles. The minimum Gasteiger partial charge on any atom is -0.491 e. The number of hydrogen-bond acceptors (Lipinski definition) is 5. The summed E-state index contributed by atoms with van der Waals surface area (Å²) in [6.45, 7) is 3.05. The highest BCUT2D eigenvalue weighted by molar-refractivity contribution is 6.05. The van der Waals surface area contributed by atoms with Crippen molar-refractivity contribution < 1.29 is 14.6 Å². The highest BCUT2D eigenvalue weighted by atomic mass is 16.5. The number of pyridine rings is 1. The molecule has 2 aromatic carbocycles. The maximum atomic E-state index is 12.5. The fourth-order valence-electron chi connectivity index (χ4n) is 4.38. The summed E-state index contributed by atoms with van der Waals surface area (Å²) < 4.78 is 5.81. The molecule has 1 saturated heterocycles. The molecule has 2 N–H and O–H groups in total. The standard InChI is InChI=1S/C24H25N3O3/c28-17(14-27-11-3-4-12-27)15-30-18-8-10-20-16(13-18)7-9-22(25-20)23-19-5-1-2-6-21(19)26-24(23)29/h1-2,5-10,13,17,23,28H,3-4,11-12,14-15H2,(H,26,29). The van der Waals surface area contributed by atoms with Crippen LogP contribution in [0.1, 0.15) is 30.0 Å². The molecule has 0 saturated carbocycles. The van der Waals surface area contributed by atoms with Gasteiger partial charge in [0.2, 0.25) is 5.91 Å². The average Bonchev–Trinajstić information content (AvgIpc) is 3.38. The van der Waals surface area contributed by atoms with Gasteiger partial charge in [0.25, 0.3) is 0 Å². The van der Waals surface area contributed by atoms with Crippen LogP contribution in [0.2, 0.25) is 0 Å². The number of nitrogens with zero attached hydrogens (tertiary/aromatic N) is 2. The van der Waals surface area contributed by atoms with Gasteiger partial charge in [-0.2, -0.15) is 0 Å². The van der Waals surface area contributed by atoms with Gasteiger partial charge in [-0.25, -0.2) is 0 Å². The van der Waals surface area contributed by atoms with Crippen molar-refractivity contribution in [1.82, 2.24) is 9.88 Å². The van der Waals surface area contributed by atoms with E-state index in [1.54, 1.807) is 0 Å². The fraction of sp³-hybridized carbons (Fsp3) is 0.333. The number of likely N-dealkylation sites (tertiary alicyclic amines) is 1. The summed E-state index contributed by atoms with van der Waals surface area (Å²) in [7, 11) is 0. The van der Waals surface area contributed by atoms with Crippen LogP contribution in [0.5, 0.6) is 5.75 Å². The first kappa shape index (κ1) is 19.0. The van der Waals surface area contributed by atoms with Gasteiger partial charge in [-0.3, -0.25) is 9.78 Å². The molecular formula is C24H25N3O3. The van der Waals surface area contributed by atoms with E-state index in [1.807, 2.05) is 54.6 Å². The molecule has 154 valence electrons. The lowest BCUT2D eigenvalue weighted by Crippen LogP contribution is -2.33. The molecule has 0 aliphatic carbocycles. The number of carbonyl (C=O) groups excluding carboxylic acids is 1. The summed E-state index contributed by atoms with van der Waals surface area (Å²) in [6, 6.07) is 17.3. The maximum Gasteiger partial charge on any atom is 0.238 e. The van der Waals surface area contributed by atoms with Gasteiger partial charge in [-0.1, -0.05) is 24.3 Å². The van der Waals surface area contributed by atoms with E-state index in [1.165, 1.54) is 12.8 Å². The van der Waals surface area contributed by atoms with E-state index in [0.717, 1.165) is 40.9 Å². The summed E-state index contributed by atoms with van der Waals surface area (Å²) in [4.78, 5) is 19.5. The Labute approximate surface area is 175 Å². The van der Waals surface area contributed by atoms with E-state index < -0.39 is 6.10 Å². The lowest BCUT2D eigenvalue weighted by molar-refractivity contribution is -0.116. The van der Waals surface area contributed by atoms with Crippen molar-refractivity contribution >= 4 is 22.5 Å². The number of hydrogen-bond donors (Lipinski definition) is 2. The van der Waals surface area contributed by atoms with E-state index in [2.05, 4.69) is 10.2 Å². The second-order valence-electron chi connectivity index (χ2n) is 8.07. The summed E-state index contributed by atoms with van der Waals surface area (Å²) in [5, 5.41) is 14.1. The van der Waals surface area contributed by atoms with Crippen molar-refractivity contribution in [2.75, 3.05) is 31.6 Å². The largest absolute Gasteiger partial charge is 0.491 e. The number of amides is 1. The van der Waals surface area contributed by atoms with Gasteiger partial charge in [-0.15, -0.1) is 0 Å². The van der Waals surface area contributed by atoms with Crippen LogP contribution < -0.4 is 10.1 Å². The number of para-hydroxylation sites is 1. The Bertz CT molecular complexity index is 1080. The molecule has 1 fully saturated rings. The predicted octanol–water partition coefficient (Wildman–Crippen LogP) is 3.15. The van der Waals surface area contributed by atoms with E-state index in [0.29, 0.717) is 12.3 Å². The SMILES string of the molecule is O=C1Nc2ccccc2C1c1ccc2cc(OCC(O)CN3CCCC3)ccc2n1. The number of β-amino-alcohol motifs (C(OH)–C–C–N with tert-alkyl or cyclic N) is 1. The number of aliphatic hydroxyl groups is 1. The van der Waals surface area contributed by atoms with Crippen molar-refractivity contribution in [3.8, 4) is 5.75 Å². The van der Waals surface area contributed by atoms with Crippen LogP contribution in [-0.4, -0.2) is 53.2 Å². The zero-order valence-electron chi connectivity index (χ0n) is 16.8. The summed E-state index contributed by atoms with van der Waals surface area (Å²) in [5.41, 5.74) is 3.36. The summed E-state index contributed by atoms with van der Waals surface area (Å²) in [5.74, 6) is 0.277. The molecule has 0 radical (unpaired) electrons. The highest BCUT2D eigenvalue weighted by Gasteiger charge is 2.32. The first-order valence-electron chi connectivity index (χ1n) is 10.5. The number of anilines is 1.